The summed E-state index contributed by atoms with van der Waals surface area (Å²) < 4.78 is 5.02. The molecule has 0 spiro atoms. The number of hydrogen-bond donors (Lipinski definition) is 4. The highest BCUT2D eigenvalue weighted by molar-refractivity contribution is 6.30. The Bertz CT molecular complexity index is 840. The molecule has 1 aromatic heterocycles. The molecule has 0 aliphatic heterocycles. The number of allylic oxidation sites excluding steroid dienone is 2. The molecule has 0 saturated heterocycles. The molecule has 0 aliphatic carbocycles. The largest absolute Gasteiger partial charge is 0.394 e. The topological polar surface area (TPSA) is 119 Å². The molecule has 0 fully saturated rings. The van der Waals surface area contributed by atoms with E-state index in [0.29, 0.717) is 16.5 Å². The molecular formula is C18H22ClN5O2. The van der Waals surface area contributed by atoms with Gasteiger partial charge >= 0.3 is 0 Å². The molecule has 0 aliphatic rings. The molecule has 7 nitrogen and oxygen atoms in total. The average Bonchev–Trinajstić information content (AvgIpc) is 2.92. The smallest absolute Gasteiger partial charge is 0.273 e. The van der Waals surface area contributed by atoms with Crippen LogP contribution in [0.1, 0.15) is 29.8 Å². The fraction of sp³-hybridized carbons (Fsp3) is 0.222. The molecule has 0 bridgehead atoms. The highest BCUT2D eigenvalue weighted by atomic mass is 35.5. The quantitative estimate of drug-likeness (QED) is 0.455. The van der Waals surface area contributed by atoms with Crippen molar-refractivity contribution in [2.45, 2.75) is 26.8 Å². The molecule has 1 heterocycles. The van der Waals surface area contributed by atoms with Gasteiger partial charge in [-0.3, -0.25) is 10.1 Å². The molecule has 1 unspecified atom stereocenters. The van der Waals surface area contributed by atoms with Crippen molar-refractivity contribution in [1.29, 1.82) is 0 Å². The van der Waals surface area contributed by atoms with Crippen LogP contribution in [0, 0.1) is 13.8 Å². The van der Waals surface area contributed by atoms with Crippen molar-refractivity contribution in [3.63, 3.8) is 0 Å². The van der Waals surface area contributed by atoms with Gasteiger partial charge in [0.15, 0.2) is 0 Å². The fourth-order valence-corrected chi connectivity index (χ4v) is 2.22. The van der Waals surface area contributed by atoms with E-state index >= 15 is 0 Å². The molecule has 1 aromatic carbocycles. The maximum absolute atomic E-state index is 12.1. The number of amides is 1. The van der Waals surface area contributed by atoms with Crippen molar-refractivity contribution in [2.75, 3.05) is 5.32 Å². The molecule has 6 N–H and O–H groups in total. The van der Waals surface area contributed by atoms with Gasteiger partial charge in [-0.15, -0.1) is 0 Å². The van der Waals surface area contributed by atoms with E-state index < -0.39 is 5.91 Å². The Hall–Kier alpha value is -2.93. The second-order valence-electron chi connectivity index (χ2n) is 5.84. The van der Waals surface area contributed by atoms with Gasteiger partial charge in [0.25, 0.3) is 5.91 Å². The first kappa shape index (κ1) is 19.4. The predicted octanol–water partition coefficient (Wildman–Crippen LogP) is 2.88. The number of anilines is 1. The van der Waals surface area contributed by atoms with E-state index in [1.54, 1.807) is 13.8 Å². The summed E-state index contributed by atoms with van der Waals surface area (Å²) in [7, 11) is 0. The Kier molecular flexibility index (Phi) is 6.30. The highest BCUT2D eigenvalue weighted by Crippen LogP contribution is 2.18. The van der Waals surface area contributed by atoms with Gasteiger partial charge in [0, 0.05) is 16.6 Å². The van der Waals surface area contributed by atoms with Gasteiger partial charge in [0.1, 0.15) is 0 Å². The second kappa shape index (κ2) is 8.44. The van der Waals surface area contributed by atoms with Gasteiger partial charge < -0.3 is 21.3 Å². The van der Waals surface area contributed by atoms with E-state index in [1.807, 2.05) is 31.2 Å². The van der Waals surface area contributed by atoms with Crippen LogP contribution < -0.4 is 22.1 Å². The van der Waals surface area contributed by atoms with Crippen LogP contribution in [0.25, 0.3) is 0 Å². The van der Waals surface area contributed by atoms with Crippen LogP contribution in [-0.4, -0.2) is 11.1 Å². The second-order valence-corrected chi connectivity index (χ2v) is 6.27. The molecule has 0 saturated carbocycles. The maximum atomic E-state index is 12.1. The lowest BCUT2D eigenvalue weighted by Crippen LogP contribution is -2.24. The van der Waals surface area contributed by atoms with Gasteiger partial charge in [-0.2, -0.15) is 0 Å². The minimum atomic E-state index is -0.501. The third-order valence-corrected chi connectivity index (χ3v) is 4.09. The van der Waals surface area contributed by atoms with Crippen molar-refractivity contribution in [1.82, 2.24) is 10.5 Å². The van der Waals surface area contributed by atoms with Crippen LogP contribution in [0.15, 0.2) is 52.5 Å². The van der Waals surface area contributed by atoms with Crippen LogP contribution in [0.5, 0.6) is 0 Å². The van der Waals surface area contributed by atoms with Crippen molar-refractivity contribution in [2.24, 2.45) is 11.5 Å². The monoisotopic (exact) mass is 375 g/mol. The van der Waals surface area contributed by atoms with E-state index in [0.717, 1.165) is 11.1 Å². The summed E-state index contributed by atoms with van der Waals surface area (Å²) in [6.45, 7) is 5.53. The Morgan fingerprint density at radius 3 is 2.46 bits per heavy atom. The van der Waals surface area contributed by atoms with Gasteiger partial charge in [-0.05, 0) is 50.6 Å². The Morgan fingerprint density at radius 1 is 1.23 bits per heavy atom. The van der Waals surface area contributed by atoms with Crippen molar-refractivity contribution in [3.8, 4) is 0 Å². The van der Waals surface area contributed by atoms with Crippen LogP contribution in [-0.2, 0) is 4.79 Å². The predicted molar refractivity (Wildman–Crippen MR) is 102 cm³/mol. The Morgan fingerprint density at radius 2 is 1.88 bits per heavy atom. The summed E-state index contributed by atoms with van der Waals surface area (Å²) in [5.41, 5.74) is 14.2. The summed E-state index contributed by atoms with van der Waals surface area (Å²) in [5.74, 6) is 0.143. The first-order valence-corrected chi connectivity index (χ1v) is 8.35. The minimum Gasteiger partial charge on any atom is -0.394 e. The number of aryl methyl sites for hydroxylation is 1. The number of nitrogens with one attached hydrogen (secondary N) is 2. The first-order valence-electron chi connectivity index (χ1n) is 7.97. The molecule has 26 heavy (non-hydrogen) atoms. The van der Waals surface area contributed by atoms with E-state index in [2.05, 4.69) is 15.8 Å². The van der Waals surface area contributed by atoms with E-state index in [9.17, 15) is 4.79 Å². The number of benzene rings is 1. The number of rotatable bonds is 6. The number of carbonyl (C=O) groups excluding carboxylic acids is 1. The van der Waals surface area contributed by atoms with Crippen molar-refractivity contribution in [3.05, 3.63) is 69.8 Å². The van der Waals surface area contributed by atoms with Crippen molar-refractivity contribution >= 4 is 23.4 Å². The molecule has 1 amide bonds. The van der Waals surface area contributed by atoms with Crippen LogP contribution in [0.2, 0.25) is 5.02 Å². The maximum Gasteiger partial charge on any atom is 0.273 e. The number of carbonyl (C=O) groups is 1. The van der Waals surface area contributed by atoms with Gasteiger partial charge in [-0.25, -0.2) is 0 Å². The number of nitrogens with zero attached hydrogens (tertiary/aromatic N) is 1. The lowest BCUT2D eigenvalue weighted by atomic mass is 10.1. The minimum absolute atomic E-state index is 0.0117. The molecule has 2 aromatic rings. The molecular weight excluding hydrogens is 354 g/mol. The first-order chi connectivity index (χ1) is 12.3. The van der Waals surface area contributed by atoms with Gasteiger partial charge in [-0.1, -0.05) is 28.9 Å². The Labute approximate surface area is 157 Å². The zero-order chi connectivity index (χ0) is 19.3. The third-order valence-electron chi connectivity index (χ3n) is 3.84. The Balaban J connectivity index is 1.97. The number of halogens is 1. The SMILES string of the molecule is Cc1noc(NC(=O)/C(N)=C/C=C(\N)NC(C)c2ccc(Cl)cc2)c1C. The molecule has 8 heteroatoms. The normalized spacial score (nSPS) is 13.4. The summed E-state index contributed by atoms with van der Waals surface area (Å²) in [6, 6.07) is 7.40. The third kappa shape index (κ3) is 5.03. The number of aromatic nitrogens is 1. The van der Waals surface area contributed by atoms with Crippen molar-refractivity contribution < 1.29 is 9.32 Å². The summed E-state index contributed by atoms with van der Waals surface area (Å²) in [5, 5.41) is 10.1. The zero-order valence-corrected chi connectivity index (χ0v) is 15.6. The molecule has 0 radical (unpaired) electrons. The highest BCUT2D eigenvalue weighted by Gasteiger charge is 2.13. The average molecular weight is 376 g/mol. The van der Waals surface area contributed by atoms with E-state index in [-0.39, 0.29) is 17.6 Å². The van der Waals surface area contributed by atoms with Gasteiger partial charge in [0.05, 0.1) is 17.2 Å². The van der Waals surface area contributed by atoms with Gasteiger partial charge in [0.2, 0.25) is 5.88 Å². The van der Waals surface area contributed by atoms with E-state index in [4.69, 9.17) is 27.6 Å². The van der Waals surface area contributed by atoms with Crippen LogP contribution in [0.3, 0.4) is 0 Å². The molecule has 138 valence electrons. The summed E-state index contributed by atoms with van der Waals surface area (Å²) >= 11 is 5.88. The lowest BCUT2D eigenvalue weighted by molar-refractivity contribution is -0.113. The standard InChI is InChI=1S/C18H22ClN5O2/c1-10-11(2)24-26-18(10)23-17(25)15(20)8-9-16(21)22-12(3)13-4-6-14(19)7-5-13/h4-9,12,22H,20-21H2,1-3H3,(H,23,25)/b15-8-,16-9+. The number of nitrogens with two attached hydrogens (primary N) is 2. The fourth-order valence-electron chi connectivity index (χ4n) is 2.10. The molecule has 2 rings (SSSR count). The summed E-state index contributed by atoms with van der Waals surface area (Å²) in [4.78, 5) is 12.1. The summed E-state index contributed by atoms with van der Waals surface area (Å²) in [6.07, 6.45) is 2.95. The lowest BCUT2D eigenvalue weighted by Gasteiger charge is -2.15. The zero-order valence-electron chi connectivity index (χ0n) is 14.8. The van der Waals surface area contributed by atoms with Crippen LogP contribution in [0.4, 0.5) is 5.88 Å². The van der Waals surface area contributed by atoms with E-state index in [1.165, 1.54) is 12.2 Å². The number of hydrogen-bond acceptors (Lipinski definition) is 6. The van der Waals surface area contributed by atoms with Crippen LogP contribution >= 0.6 is 11.6 Å². The molecule has 1 atom stereocenters.